The van der Waals surface area contributed by atoms with Crippen LogP contribution in [0.2, 0.25) is 0 Å². The highest BCUT2D eigenvalue weighted by molar-refractivity contribution is 6.13. The lowest BCUT2D eigenvalue weighted by Crippen LogP contribution is -2.04. The fourth-order valence-corrected chi connectivity index (χ4v) is 10.4. The van der Waals surface area contributed by atoms with E-state index in [-0.39, 0.29) is 0 Å². The number of aryl methyl sites for hydroxylation is 2. The van der Waals surface area contributed by atoms with Crippen molar-refractivity contribution in [3.05, 3.63) is 247 Å². The minimum absolute atomic E-state index is 0.541. The quantitative estimate of drug-likeness (QED) is 0.152. The summed E-state index contributed by atoms with van der Waals surface area (Å²) in [6.45, 7) is 4.24. The van der Waals surface area contributed by atoms with E-state index in [2.05, 4.69) is 187 Å². The molecule has 0 bridgehead atoms. The van der Waals surface area contributed by atoms with Gasteiger partial charge < -0.3 is 9.13 Å². The first-order valence-electron chi connectivity index (χ1n) is 24.2. The minimum Gasteiger partial charge on any atom is -0.309 e. The van der Waals surface area contributed by atoms with Crippen LogP contribution in [0.25, 0.3) is 123 Å². The van der Waals surface area contributed by atoms with Crippen molar-refractivity contribution < 1.29 is 0 Å². The van der Waals surface area contributed by atoms with Gasteiger partial charge in [-0.1, -0.05) is 169 Å². The number of rotatable bonds is 8. The molecular formula is C66H44N6. The third-order valence-electron chi connectivity index (χ3n) is 14.0. The smallest absolute Gasteiger partial charge is 0.164 e. The van der Waals surface area contributed by atoms with Gasteiger partial charge in [-0.2, -0.15) is 5.26 Å². The first kappa shape index (κ1) is 42.4. The van der Waals surface area contributed by atoms with Crippen molar-refractivity contribution in [3.8, 4) is 85.0 Å². The molecule has 10 aromatic carbocycles. The van der Waals surface area contributed by atoms with Gasteiger partial charge in [0.1, 0.15) is 0 Å². The van der Waals surface area contributed by atoms with E-state index in [1.165, 1.54) is 22.3 Å². The van der Waals surface area contributed by atoms with Gasteiger partial charge in [0, 0.05) is 49.4 Å². The Balaban J connectivity index is 1.10. The van der Waals surface area contributed by atoms with E-state index in [0.717, 1.165) is 93.9 Å². The third-order valence-corrected chi connectivity index (χ3v) is 14.0. The highest BCUT2D eigenvalue weighted by Crippen LogP contribution is 2.44. The Hall–Kier alpha value is -9.70. The fraction of sp³-hybridized carbons (Fsp3) is 0.0303. The van der Waals surface area contributed by atoms with E-state index in [4.69, 9.17) is 15.0 Å². The number of hydrogen-bond acceptors (Lipinski definition) is 4. The van der Waals surface area contributed by atoms with E-state index in [1.807, 2.05) is 72.8 Å². The molecule has 0 amide bonds. The molecule has 6 heteroatoms. The molecule has 13 aromatic rings. The van der Waals surface area contributed by atoms with E-state index in [1.54, 1.807) is 0 Å². The van der Waals surface area contributed by atoms with Crippen LogP contribution in [0.4, 0.5) is 0 Å². The summed E-state index contributed by atoms with van der Waals surface area (Å²) in [5.41, 5.74) is 18.2. The van der Waals surface area contributed by atoms with E-state index < -0.39 is 0 Å². The van der Waals surface area contributed by atoms with Gasteiger partial charge in [0.15, 0.2) is 17.5 Å². The summed E-state index contributed by atoms with van der Waals surface area (Å²) in [7, 11) is 0. The number of benzene rings is 10. The Morgan fingerprint density at radius 1 is 0.319 bits per heavy atom. The lowest BCUT2D eigenvalue weighted by molar-refractivity contribution is 1.07. The molecule has 0 saturated heterocycles. The van der Waals surface area contributed by atoms with Crippen LogP contribution >= 0.6 is 0 Å². The van der Waals surface area contributed by atoms with E-state index in [0.29, 0.717) is 23.0 Å². The molecule has 0 atom stereocenters. The van der Waals surface area contributed by atoms with Gasteiger partial charge in [0.2, 0.25) is 0 Å². The number of nitrogens with zero attached hydrogens (tertiary/aromatic N) is 6. The van der Waals surface area contributed by atoms with Crippen LogP contribution in [0.15, 0.2) is 231 Å². The summed E-state index contributed by atoms with van der Waals surface area (Å²) in [6.07, 6.45) is 0. The van der Waals surface area contributed by atoms with Gasteiger partial charge in [0.25, 0.3) is 0 Å². The third kappa shape index (κ3) is 7.31. The monoisotopic (exact) mass is 920 g/mol. The minimum atomic E-state index is 0.541. The zero-order chi connectivity index (χ0) is 48.3. The second kappa shape index (κ2) is 17.4. The van der Waals surface area contributed by atoms with Crippen LogP contribution < -0.4 is 0 Å². The summed E-state index contributed by atoms with van der Waals surface area (Å²) in [6, 6.07) is 83.5. The van der Waals surface area contributed by atoms with Crippen molar-refractivity contribution >= 4 is 43.6 Å². The Morgan fingerprint density at radius 3 is 1.19 bits per heavy atom. The van der Waals surface area contributed by atoms with Crippen LogP contribution in [0.5, 0.6) is 0 Å². The van der Waals surface area contributed by atoms with Crippen molar-refractivity contribution in [2.24, 2.45) is 0 Å². The maximum atomic E-state index is 10.7. The standard InChI is InChI=1S/C66H44N6/c1-42-21-26-45(27-22-42)49-30-34-61-55(38-49)52-17-9-11-19-58(52)71(61)60-33-25-44(41-67)37-54(60)57-40-51(66-69-64(47-13-5-3-6-14-47)68-65(70-66)48-15-7-4-8-16-48)32-36-63(57)72-59-20-12-10-18-53(59)56-39-50(31-35-62(56)72)46-28-23-43(2)24-29-46/h3-40H,1-2H3. The molecule has 0 N–H and O–H groups in total. The number of nitriles is 1. The van der Waals surface area contributed by atoms with Gasteiger partial charge in [-0.3, -0.25) is 0 Å². The topological polar surface area (TPSA) is 72.3 Å². The molecule has 0 unspecified atom stereocenters. The maximum absolute atomic E-state index is 10.7. The molecule has 0 aliphatic rings. The number of hydrogen-bond donors (Lipinski definition) is 0. The van der Waals surface area contributed by atoms with Gasteiger partial charge in [-0.25, -0.2) is 15.0 Å². The molecule has 338 valence electrons. The summed E-state index contributed by atoms with van der Waals surface area (Å²) in [5.74, 6) is 1.71. The van der Waals surface area contributed by atoms with E-state index in [9.17, 15) is 5.26 Å². The average molecular weight is 921 g/mol. The average Bonchev–Trinajstić information content (AvgIpc) is 3.95. The van der Waals surface area contributed by atoms with Crippen LogP contribution in [-0.4, -0.2) is 24.1 Å². The summed E-state index contributed by atoms with van der Waals surface area (Å²) >= 11 is 0. The lowest BCUT2D eigenvalue weighted by Gasteiger charge is -2.20. The predicted octanol–water partition coefficient (Wildman–Crippen LogP) is 16.6. The van der Waals surface area contributed by atoms with Crippen molar-refractivity contribution in [2.45, 2.75) is 13.8 Å². The fourth-order valence-electron chi connectivity index (χ4n) is 10.4. The van der Waals surface area contributed by atoms with Crippen molar-refractivity contribution in [3.63, 3.8) is 0 Å². The molecule has 13 rings (SSSR count). The second-order valence-electron chi connectivity index (χ2n) is 18.5. The Labute approximate surface area is 417 Å². The first-order valence-corrected chi connectivity index (χ1v) is 24.2. The van der Waals surface area contributed by atoms with Crippen molar-refractivity contribution in [1.82, 2.24) is 24.1 Å². The van der Waals surface area contributed by atoms with Crippen LogP contribution in [0.3, 0.4) is 0 Å². The highest BCUT2D eigenvalue weighted by Gasteiger charge is 2.23. The van der Waals surface area contributed by atoms with Crippen LogP contribution in [0, 0.1) is 25.2 Å². The zero-order valence-corrected chi connectivity index (χ0v) is 39.6. The molecule has 3 aromatic heterocycles. The Bertz CT molecular complexity index is 4220. The molecule has 0 fully saturated rings. The molecular weight excluding hydrogens is 877 g/mol. The molecule has 0 aliphatic heterocycles. The van der Waals surface area contributed by atoms with Gasteiger partial charge in [-0.05, 0) is 109 Å². The zero-order valence-electron chi connectivity index (χ0n) is 39.6. The number of para-hydroxylation sites is 2. The van der Waals surface area contributed by atoms with E-state index >= 15 is 0 Å². The largest absolute Gasteiger partial charge is 0.309 e. The lowest BCUT2D eigenvalue weighted by atomic mass is 9.96. The molecule has 6 nitrogen and oxygen atoms in total. The first-order chi connectivity index (χ1) is 35.5. The van der Waals surface area contributed by atoms with Gasteiger partial charge in [0.05, 0.1) is 45.1 Å². The molecule has 0 spiro atoms. The van der Waals surface area contributed by atoms with Crippen molar-refractivity contribution in [2.75, 3.05) is 0 Å². The Kier molecular flexibility index (Phi) is 10.2. The summed E-state index contributed by atoms with van der Waals surface area (Å²) < 4.78 is 4.74. The summed E-state index contributed by atoms with van der Waals surface area (Å²) in [4.78, 5) is 15.5. The SMILES string of the molecule is Cc1ccc(-c2ccc3c(c2)c2ccccc2n3-c2ccc(C#N)cc2-c2cc(-c3nc(-c4ccccc4)nc(-c4ccccc4)n3)ccc2-n2c3ccccc3c3cc(-c4ccc(C)cc4)ccc32)cc1. The molecule has 72 heavy (non-hydrogen) atoms. The molecule has 3 heterocycles. The number of fused-ring (bicyclic) bond motifs is 6. The maximum Gasteiger partial charge on any atom is 0.164 e. The Morgan fingerprint density at radius 2 is 0.708 bits per heavy atom. The van der Waals surface area contributed by atoms with Gasteiger partial charge in [-0.15, -0.1) is 0 Å². The predicted molar refractivity (Wildman–Crippen MR) is 295 cm³/mol. The van der Waals surface area contributed by atoms with Crippen LogP contribution in [-0.2, 0) is 0 Å². The van der Waals surface area contributed by atoms with Crippen molar-refractivity contribution in [1.29, 1.82) is 5.26 Å². The summed E-state index contributed by atoms with van der Waals surface area (Å²) in [5, 5.41) is 15.3. The van der Waals surface area contributed by atoms with Gasteiger partial charge >= 0.3 is 0 Å². The second-order valence-corrected chi connectivity index (χ2v) is 18.5. The molecule has 0 saturated carbocycles. The normalized spacial score (nSPS) is 11.5. The number of aromatic nitrogens is 5. The highest BCUT2D eigenvalue weighted by atomic mass is 15.0. The molecule has 0 radical (unpaired) electrons. The molecule has 0 aliphatic carbocycles. The van der Waals surface area contributed by atoms with Crippen LogP contribution in [0.1, 0.15) is 16.7 Å².